The number of pyridine rings is 1. The number of benzene rings is 1. The molecule has 0 atom stereocenters. The molecule has 132 valence electrons. The Morgan fingerprint density at radius 3 is 2.85 bits per heavy atom. The molecule has 0 unspecified atom stereocenters. The van der Waals surface area contributed by atoms with E-state index in [4.69, 9.17) is 9.40 Å². The molecule has 0 aliphatic rings. The first-order chi connectivity index (χ1) is 12.7. The molecule has 4 rings (SSSR count). The summed E-state index contributed by atoms with van der Waals surface area (Å²) in [4.78, 5) is 15.7. The molecule has 26 heavy (non-hydrogen) atoms. The maximum Gasteiger partial charge on any atom is 0.198 e. The fraction of sp³-hybridized carbons (Fsp3) is 0.250. The number of aromatic nitrogens is 3. The molecule has 0 fully saturated rings. The van der Waals surface area contributed by atoms with Crippen LogP contribution in [0.3, 0.4) is 0 Å². The van der Waals surface area contributed by atoms with Crippen LogP contribution in [0.2, 0.25) is 0 Å². The zero-order valence-corrected chi connectivity index (χ0v) is 14.9. The van der Waals surface area contributed by atoms with Crippen LogP contribution in [-0.4, -0.2) is 47.0 Å². The Morgan fingerprint density at radius 2 is 2.00 bits per heavy atom. The number of hydrogen-bond donors (Lipinski definition) is 1. The Labute approximate surface area is 151 Å². The van der Waals surface area contributed by atoms with Gasteiger partial charge < -0.3 is 14.6 Å². The maximum absolute atomic E-state index is 5.94. The van der Waals surface area contributed by atoms with Crippen LogP contribution in [0.1, 0.15) is 6.42 Å². The fourth-order valence-electron chi connectivity index (χ4n) is 2.92. The van der Waals surface area contributed by atoms with Crippen LogP contribution in [0.5, 0.6) is 0 Å². The summed E-state index contributed by atoms with van der Waals surface area (Å²) >= 11 is 0. The van der Waals surface area contributed by atoms with E-state index in [0.717, 1.165) is 47.2 Å². The molecule has 0 aliphatic carbocycles. The van der Waals surface area contributed by atoms with Gasteiger partial charge in [-0.3, -0.25) is 4.98 Å². The summed E-state index contributed by atoms with van der Waals surface area (Å²) in [7, 11) is 4.15. The van der Waals surface area contributed by atoms with Gasteiger partial charge in [0.25, 0.3) is 0 Å². The van der Waals surface area contributed by atoms with E-state index in [9.17, 15) is 0 Å². The molecule has 6 nitrogen and oxygen atoms in total. The summed E-state index contributed by atoms with van der Waals surface area (Å²) in [5.41, 5.74) is 1.63. The number of para-hydroxylation sites is 1. The molecular formula is C20H21N5O. The lowest BCUT2D eigenvalue weighted by Crippen LogP contribution is -2.16. The molecule has 0 spiro atoms. The van der Waals surface area contributed by atoms with Crippen molar-refractivity contribution in [3.05, 3.63) is 48.8 Å². The van der Waals surface area contributed by atoms with Crippen molar-refractivity contribution in [2.24, 2.45) is 0 Å². The number of anilines is 1. The van der Waals surface area contributed by atoms with E-state index in [2.05, 4.69) is 34.3 Å². The summed E-state index contributed by atoms with van der Waals surface area (Å²) in [5.74, 6) is 2.04. The van der Waals surface area contributed by atoms with Crippen LogP contribution in [0.15, 0.2) is 53.2 Å². The van der Waals surface area contributed by atoms with Crippen LogP contribution < -0.4 is 5.32 Å². The third-order valence-electron chi connectivity index (χ3n) is 4.22. The van der Waals surface area contributed by atoms with Gasteiger partial charge in [-0.1, -0.05) is 18.2 Å². The van der Waals surface area contributed by atoms with Gasteiger partial charge in [0.1, 0.15) is 11.4 Å². The van der Waals surface area contributed by atoms with Crippen LogP contribution in [0.4, 0.5) is 5.82 Å². The topological polar surface area (TPSA) is 67.1 Å². The predicted molar refractivity (Wildman–Crippen MR) is 104 cm³/mol. The van der Waals surface area contributed by atoms with Gasteiger partial charge >= 0.3 is 0 Å². The Balaban J connectivity index is 1.71. The highest BCUT2D eigenvalue weighted by Gasteiger charge is 2.13. The number of hydrogen-bond acceptors (Lipinski definition) is 6. The van der Waals surface area contributed by atoms with Crippen LogP contribution >= 0.6 is 0 Å². The first-order valence-electron chi connectivity index (χ1n) is 8.70. The van der Waals surface area contributed by atoms with Crippen molar-refractivity contribution < 1.29 is 4.42 Å². The normalized spacial score (nSPS) is 11.5. The quantitative estimate of drug-likeness (QED) is 0.535. The summed E-state index contributed by atoms with van der Waals surface area (Å²) in [6.45, 7) is 1.86. The standard InChI is InChI=1S/C20H21N5O/c1-25(2)11-5-9-22-19-15-8-10-21-13-16(15)23-20(24-19)18-12-14-6-3-4-7-17(14)26-18/h3-4,6-8,10,12-13H,5,9,11H2,1-2H3,(H,22,23,24). The third kappa shape index (κ3) is 3.36. The summed E-state index contributed by atoms with van der Waals surface area (Å²) in [6, 6.07) is 11.8. The lowest BCUT2D eigenvalue weighted by Gasteiger charge is -2.12. The smallest absolute Gasteiger partial charge is 0.198 e. The van der Waals surface area contributed by atoms with E-state index in [1.54, 1.807) is 12.4 Å². The zero-order valence-electron chi connectivity index (χ0n) is 14.9. The Kier molecular flexibility index (Phi) is 4.50. The number of furan rings is 1. The zero-order chi connectivity index (χ0) is 17.9. The highest BCUT2D eigenvalue weighted by Crippen LogP contribution is 2.28. The monoisotopic (exact) mass is 347 g/mol. The van der Waals surface area contributed by atoms with E-state index in [0.29, 0.717) is 11.6 Å². The van der Waals surface area contributed by atoms with Crippen molar-refractivity contribution in [2.75, 3.05) is 32.5 Å². The Hall–Kier alpha value is -2.99. The van der Waals surface area contributed by atoms with Gasteiger partial charge in [-0.15, -0.1) is 0 Å². The molecular weight excluding hydrogens is 326 g/mol. The molecule has 3 aromatic heterocycles. The SMILES string of the molecule is CN(C)CCCNc1nc(-c2cc3ccccc3o2)nc2cnccc12. The summed E-state index contributed by atoms with van der Waals surface area (Å²) in [6.07, 6.45) is 4.55. The van der Waals surface area contributed by atoms with Crippen molar-refractivity contribution in [1.82, 2.24) is 19.9 Å². The second-order valence-electron chi connectivity index (χ2n) is 6.52. The van der Waals surface area contributed by atoms with Crippen LogP contribution in [0.25, 0.3) is 33.5 Å². The van der Waals surface area contributed by atoms with Gasteiger partial charge in [0.15, 0.2) is 11.6 Å². The second-order valence-corrected chi connectivity index (χ2v) is 6.52. The minimum Gasteiger partial charge on any atom is -0.453 e. The molecule has 0 saturated carbocycles. The van der Waals surface area contributed by atoms with Crippen molar-refractivity contribution >= 4 is 27.7 Å². The van der Waals surface area contributed by atoms with Crippen LogP contribution in [-0.2, 0) is 0 Å². The number of fused-ring (bicyclic) bond motifs is 2. The van der Waals surface area contributed by atoms with Crippen molar-refractivity contribution in [1.29, 1.82) is 0 Å². The Morgan fingerprint density at radius 1 is 1.12 bits per heavy atom. The highest BCUT2D eigenvalue weighted by molar-refractivity contribution is 5.90. The average molecular weight is 347 g/mol. The van der Waals surface area contributed by atoms with Crippen molar-refractivity contribution in [3.8, 4) is 11.6 Å². The molecule has 0 saturated heterocycles. The largest absolute Gasteiger partial charge is 0.453 e. The lowest BCUT2D eigenvalue weighted by atomic mass is 10.2. The number of rotatable bonds is 6. The summed E-state index contributed by atoms with van der Waals surface area (Å²) in [5, 5.41) is 5.44. The molecule has 1 aromatic carbocycles. The van der Waals surface area contributed by atoms with E-state index >= 15 is 0 Å². The molecule has 0 radical (unpaired) electrons. The van der Waals surface area contributed by atoms with E-state index in [1.165, 1.54) is 0 Å². The van der Waals surface area contributed by atoms with E-state index < -0.39 is 0 Å². The lowest BCUT2D eigenvalue weighted by molar-refractivity contribution is 0.405. The minimum atomic E-state index is 0.566. The molecule has 0 amide bonds. The molecule has 1 N–H and O–H groups in total. The van der Waals surface area contributed by atoms with E-state index in [1.807, 2.05) is 36.4 Å². The van der Waals surface area contributed by atoms with Gasteiger partial charge in [0.05, 0.1) is 11.7 Å². The number of nitrogens with one attached hydrogen (secondary N) is 1. The highest BCUT2D eigenvalue weighted by atomic mass is 16.3. The van der Waals surface area contributed by atoms with Crippen molar-refractivity contribution in [2.45, 2.75) is 6.42 Å². The van der Waals surface area contributed by atoms with E-state index in [-0.39, 0.29) is 0 Å². The number of nitrogens with zero attached hydrogens (tertiary/aromatic N) is 4. The maximum atomic E-state index is 5.94. The van der Waals surface area contributed by atoms with Crippen molar-refractivity contribution in [3.63, 3.8) is 0 Å². The predicted octanol–water partition coefficient (Wildman–Crippen LogP) is 3.80. The van der Waals surface area contributed by atoms with Gasteiger partial charge in [0.2, 0.25) is 0 Å². The molecule has 6 heteroatoms. The first kappa shape index (κ1) is 16.5. The molecule has 4 aromatic rings. The second kappa shape index (κ2) is 7.09. The van der Waals surface area contributed by atoms with Gasteiger partial charge in [-0.25, -0.2) is 9.97 Å². The molecule has 0 aliphatic heterocycles. The van der Waals surface area contributed by atoms with Gasteiger partial charge in [-0.05, 0) is 45.3 Å². The van der Waals surface area contributed by atoms with Gasteiger partial charge in [-0.2, -0.15) is 0 Å². The fourth-order valence-corrected chi connectivity index (χ4v) is 2.92. The minimum absolute atomic E-state index is 0.566. The molecule has 0 bridgehead atoms. The third-order valence-corrected chi connectivity index (χ3v) is 4.22. The van der Waals surface area contributed by atoms with Crippen LogP contribution in [0, 0.1) is 0 Å². The van der Waals surface area contributed by atoms with Gasteiger partial charge in [0, 0.05) is 23.5 Å². The average Bonchev–Trinajstić information content (AvgIpc) is 3.09. The molecule has 3 heterocycles. The first-order valence-corrected chi connectivity index (χ1v) is 8.70. The summed E-state index contributed by atoms with van der Waals surface area (Å²) < 4.78 is 5.94. The Bertz CT molecular complexity index is 1010.